The highest BCUT2D eigenvalue weighted by Gasteiger charge is 2.12. The molecule has 0 saturated heterocycles. The lowest BCUT2D eigenvalue weighted by atomic mass is 10.2. The molecule has 19 heavy (non-hydrogen) atoms. The summed E-state index contributed by atoms with van der Waals surface area (Å²) >= 11 is 6.94. The van der Waals surface area contributed by atoms with Gasteiger partial charge in [-0.2, -0.15) is 0 Å². The van der Waals surface area contributed by atoms with E-state index < -0.39 is 12.0 Å². The minimum atomic E-state index is -1.06. The van der Waals surface area contributed by atoms with Crippen molar-refractivity contribution in [3.05, 3.63) is 34.9 Å². The molecule has 0 heterocycles. The highest BCUT2D eigenvalue weighted by atomic mass is 35.5. The molecule has 1 rings (SSSR count). The molecule has 1 unspecified atom stereocenters. The normalized spacial score (nSPS) is 11.9. The lowest BCUT2D eigenvalue weighted by Crippen LogP contribution is -2.33. The number of hydrogen-bond acceptors (Lipinski definition) is 4. The summed E-state index contributed by atoms with van der Waals surface area (Å²) in [6.45, 7) is 0.418. The fraction of sp³-hybridized carbons (Fsp3) is 0.333. The minimum Gasteiger partial charge on any atom is -0.480 e. The Hall–Kier alpha value is -1.24. The standard InChI is InChI=1S/C12H15ClN2O3S/c13-9-3-1-8(2-4-9)5-15-11(16)7-19-6-10(14)12(17)18/h1-4,10H,5-7,14H2,(H,15,16)(H,17,18). The van der Waals surface area contributed by atoms with Gasteiger partial charge in [0, 0.05) is 17.3 Å². The Morgan fingerprint density at radius 2 is 2.00 bits per heavy atom. The number of hydrogen-bond donors (Lipinski definition) is 3. The third kappa shape index (κ3) is 6.47. The van der Waals surface area contributed by atoms with E-state index in [0.29, 0.717) is 11.6 Å². The number of amides is 1. The molecule has 0 aliphatic heterocycles. The summed E-state index contributed by atoms with van der Waals surface area (Å²) in [7, 11) is 0. The maximum Gasteiger partial charge on any atom is 0.321 e. The van der Waals surface area contributed by atoms with Crippen LogP contribution in [0.4, 0.5) is 0 Å². The predicted octanol–water partition coefficient (Wildman–Crippen LogP) is 1.10. The average Bonchev–Trinajstić information content (AvgIpc) is 2.37. The van der Waals surface area contributed by atoms with Crippen LogP contribution < -0.4 is 11.1 Å². The number of carboxylic acid groups (broad SMARTS) is 1. The first-order chi connectivity index (χ1) is 8.99. The maximum absolute atomic E-state index is 11.5. The van der Waals surface area contributed by atoms with Gasteiger partial charge < -0.3 is 16.2 Å². The first kappa shape index (κ1) is 15.8. The van der Waals surface area contributed by atoms with E-state index in [-0.39, 0.29) is 17.4 Å². The number of carbonyl (C=O) groups is 2. The molecule has 0 radical (unpaired) electrons. The second-order valence-electron chi connectivity index (χ2n) is 3.86. The van der Waals surface area contributed by atoms with Crippen LogP contribution in [-0.2, 0) is 16.1 Å². The first-order valence-corrected chi connectivity index (χ1v) is 7.09. The summed E-state index contributed by atoms with van der Waals surface area (Å²) in [4.78, 5) is 22.0. The zero-order valence-electron chi connectivity index (χ0n) is 10.1. The second-order valence-corrected chi connectivity index (χ2v) is 5.33. The molecular formula is C12H15ClN2O3S. The van der Waals surface area contributed by atoms with Crippen molar-refractivity contribution in [3.63, 3.8) is 0 Å². The van der Waals surface area contributed by atoms with Gasteiger partial charge in [0.1, 0.15) is 6.04 Å². The van der Waals surface area contributed by atoms with Crippen molar-refractivity contribution in [1.82, 2.24) is 5.32 Å². The van der Waals surface area contributed by atoms with Crippen LogP contribution in [-0.4, -0.2) is 34.5 Å². The van der Waals surface area contributed by atoms with Crippen LogP contribution in [0.15, 0.2) is 24.3 Å². The Balaban J connectivity index is 2.21. The zero-order valence-corrected chi connectivity index (χ0v) is 11.7. The lowest BCUT2D eigenvalue weighted by Gasteiger charge is -2.07. The SMILES string of the molecule is NC(CSCC(=O)NCc1ccc(Cl)cc1)C(=O)O. The van der Waals surface area contributed by atoms with Crippen molar-refractivity contribution in [2.45, 2.75) is 12.6 Å². The van der Waals surface area contributed by atoms with Crippen LogP contribution >= 0.6 is 23.4 Å². The summed E-state index contributed by atoms with van der Waals surface area (Å²) in [6.07, 6.45) is 0. The number of nitrogens with two attached hydrogens (primary N) is 1. The van der Waals surface area contributed by atoms with Crippen LogP contribution in [0.25, 0.3) is 0 Å². The third-order valence-electron chi connectivity index (χ3n) is 2.25. The Labute approximate surface area is 120 Å². The lowest BCUT2D eigenvalue weighted by molar-refractivity contribution is -0.138. The Morgan fingerprint density at radius 1 is 1.37 bits per heavy atom. The smallest absolute Gasteiger partial charge is 0.321 e. The van der Waals surface area contributed by atoms with E-state index in [9.17, 15) is 9.59 Å². The van der Waals surface area contributed by atoms with E-state index in [1.54, 1.807) is 12.1 Å². The van der Waals surface area contributed by atoms with Gasteiger partial charge >= 0.3 is 5.97 Å². The minimum absolute atomic E-state index is 0.155. The van der Waals surface area contributed by atoms with Crippen molar-refractivity contribution in [2.75, 3.05) is 11.5 Å². The molecule has 0 aromatic heterocycles. The number of halogens is 1. The van der Waals surface area contributed by atoms with Crippen LogP contribution in [0.3, 0.4) is 0 Å². The van der Waals surface area contributed by atoms with Gasteiger partial charge in [0.2, 0.25) is 5.91 Å². The number of thioether (sulfide) groups is 1. The van der Waals surface area contributed by atoms with Crippen LogP contribution in [0.5, 0.6) is 0 Å². The molecule has 0 aliphatic carbocycles. The van der Waals surface area contributed by atoms with Gasteiger partial charge in [-0.3, -0.25) is 9.59 Å². The molecule has 1 atom stereocenters. The molecule has 1 aromatic rings. The molecule has 104 valence electrons. The van der Waals surface area contributed by atoms with Crippen molar-refractivity contribution < 1.29 is 14.7 Å². The van der Waals surface area contributed by atoms with Crippen molar-refractivity contribution in [2.24, 2.45) is 5.73 Å². The number of nitrogens with one attached hydrogen (secondary N) is 1. The quantitative estimate of drug-likeness (QED) is 0.701. The molecule has 0 spiro atoms. The molecule has 4 N–H and O–H groups in total. The summed E-state index contributed by atoms with van der Waals surface area (Å²) in [5.74, 6) is -0.815. The number of rotatable bonds is 7. The fourth-order valence-corrected chi connectivity index (χ4v) is 2.13. The summed E-state index contributed by atoms with van der Waals surface area (Å²) in [5, 5.41) is 11.9. The van der Waals surface area contributed by atoms with Crippen molar-refractivity contribution in [3.8, 4) is 0 Å². The van der Waals surface area contributed by atoms with Gasteiger partial charge in [-0.1, -0.05) is 23.7 Å². The van der Waals surface area contributed by atoms with E-state index in [1.165, 1.54) is 11.8 Å². The van der Waals surface area contributed by atoms with Crippen molar-refractivity contribution in [1.29, 1.82) is 0 Å². The highest BCUT2D eigenvalue weighted by Crippen LogP contribution is 2.09. The van der Waals surface area contributed by atoms with Gasteiger partial charge in [0.15, 0.2) is 0 Å². The largest absolute Gasteiger partial charge is 0.480 e. The molecule has 1 amide bonds. The summed E-state index contributed by atoms with van der Waals surface area (Å²) in [5.41, 5.74) is 6.27. The van der Waals surface area contributed by atoms with Gasteiger partial charge in [0.25, 0.3) is 0 Å². The van der Waals surface area contributed by atoms with E-state index in [0.717, 1.165) is 5.56 Å². The molecule has 5 nitrogen and oxygen atoms in total. The number of carboxylic acids is 1. The van der Waals surface area contributed by atoms with E-state index in [4.69, 9.17) is 22.4 Å². The van der Waals surface area contributed by atoms with Gasteiger partial charge in [-0.25, -0.2) is 0 Å². The van der Waals surface area contributed by atoms with Crippen LogP contribution in [0, 0.1) is 0 Å². The van der Waals surface area contributed by atoms with Gasteiger partial charge in [-0.05, 0) is 17.7 Å². The Bertz CT molecular complexity index is 439. The van der Waals surface area contributed by atoms with E-state index >= 15 is 0 Å². The predicted molar refractivity (Wildman–Crippen MR) is 76.2 cm³/mol. The van der Waals surface area contributed by atoms with Gasteiger partial charge in [0.05, 0.1) is 5.75 Å². The summed E-state index contributed by atoms with van der Waals surface area (Å²) < 4.78 is 0. The van der Waals surface area contributed by atoms with E-state index in [2.05, 4.69) is 5.32 Å². The second kappa shape index (κ2) is 8.04. The molecule has 7 heteroatoms. The topological polar surface area (TPSA) is 92.4 Å². The maximum atomic E-state index is 11.5. The third-order valence-corrected chi connectivity index (χ3v) is 3.56. The van der Waals surface area contributed by atoms with Gasteiger partial charge in [-0.15, -0.1) is 11.8 Å². The number of carbonyl (C=O) groups excluding carboxylic acids is 1. The zero-order chi connectivity index (χ0) is 14.3. The molecular weight excluding hydrogens is 288 g/mol. The molecule has 0 bridgehead atoms. The Morgan fingerprint density at radius 3 is 2.58 bits per heavy atom. The van der Waals surface area contributed by atoms with Crippen molar-refractivity contribution >= 4 is 35.2 Å². The monoisotopic (exact) mass is 302 g/mol. The highest BCUT2D eigenvalue weighted by molar-refractivity contribution is 8.00. The molecule has 0 aliphatic rings. The van der Waals surface area contributed by atoms with E-state index in [1.807, 2.05) is 12.1 Å². The van der Waals surface area contributed by atoms with Crippen LogP contribution in [0.2, 0.25) is 5.02 Å². The average molecular weight is 303 g/mol. The molecule has 0 saturated carbocycles. The molecule has 1 aromatic carbocycles. The number of aliphatic carboxylic acids is 1. The fourth-order valence-electron chi connectivity index (χ4n) is 1.20. The summed E-state index contributed by atoms with van der Waals surface area (Å²) in [6, 6.07) is 6.23. The Kier molecular flexibility index (Phi) is 6.69. The molecule has 0 fully saturated rings. The first-order valence-electron chi connectivity index (χ1n) is 5.56. The van der Waals surface area contributed by atoms with Crippen LogP contribution in [0.1, 0.15) is 5.56 Å². The number of benzene rings is 1.